The van der Waals surface area contributed by atoms with Crippen LogP contribution in [-0.2, 0) is 0 Å². The predicted octanol–water partition coefficient (Wildman–Crippen LogP) is 12.7. The molecule has 0 amide bonds. The van der Waals surface area contributed by atoms with Gasteiger partial charge in [0.05, 0.1) is 11.4 Å². The summed E-state index contributed by atoms with van der Waals surface area (Å²) in [6.07, 6.45) is 3.71. The van der Waals surface area contributed by atoms with Crippen LogP contribution in [0.2, 0.25) is 0 Å². The molecule has 0 N–H and O–H groups in total. The summed E-state index contributed by atoms with van der Waals surface area (Å²) in [4.78, 5) is 14.7. The predicted molar refractivity (Wildman–Crippen MR) is 215 cm³/mol. The molecular formula is C49H33N3. The molecule has 0 unspecified atom stereocenters. The van der Waals surface area contributed by atoms with E-state index < -0.39 is 0 Å². The highest BCUT2D eigenvalue weighted by Crippen LogP contribution is 2.37. The monoisotopic (exact) mass is 663 g/mol. The van der Waals surface area contributed by atoms with Crippen molar-refractivity contribution in [2.24, 2.45) is 0 Å². The standard InChI is InChI=1S/C49H33N3/c1-3-11-34(12-4-1)35-24-26-39(27-25-35)47-32-48(52-49(51-47)40-14-5-2-6-15-40)44-30-42(37-22-20-36(21-23-37)41-17-10-28-50-33-41)29-43(31-44)46-19-9-16-38-13-7-8-18-45(38)46/h1-33H. The van der Waals surface area contributed by atoms with Crippen LogP contribution in [0.4, 0.5) is 0 Å². The van der Waals surface area contributed by atoms with Crippen molar-refractivity contribution in [1.82, 2.24) is 15.0 Å². The van der Waals surface area contributed by atoms with Crippen LogP contribution in [0.15, 0.2) is 200 Å². The zero-order valence-corrected chi connectivity index (χ0v) is 28.4. The Morgan fingerprint density at radius 1 is 0.308 bits per heavy atom. The number of fused-ring (bicyclic) bond motifs is 1. The highest BCUT2D eigenvalue weighted by Gasteiger charge is 2.15. The van der Waals surface area contributed by atoms with Gasteiger partial charge in [-0.2, -0.15) is 0 Å². The van der Waals surface area contributed by atoms with Crippen LogP contribution in [0.5, 0.6) is 0 Å². The van der Waals surface area contributed by atoms with Gasteiger partial charge in [0, 0.05) is 29.1 Å². The minimum Gasteiger partial charge on any atom is -0.264 e. The number of aromatic nitrogens is 3. The minimum atomic E-state index is 0.693. The fraction of sp³-hybridized carbons (Fsp3) is 0. The smallest absolute Gasteiger partial charge is 0.160 e. The average molecular weight is 664 g/mol. The molecule has 244 valence electrons. The first-order valence-electron chi connectivity index (χ1n) is 17.5. The number of pyridine rings is 1. The SMILES string of the molecule is c1ccc(-c2ccc(-c3cc(-c4cc(-c5ccc(-c6cccnc6)cc5)cc(-c5cccc6ccccc56)c4)nc(-c4ccccc4)n3)cc2)cc1. The van der Waals surface area contributed by atoms with Crippen molar-refractivity contribution in [3.05, 3.63) is 200 Å². The van der Waals surface area contributed by atoms with E-state index in [-0.39, 0.29) is 0 Å². The van der Waals surface area contributed by atoms with Crippen molar-refractivity contribution in [2.45, 2.75) is 0 Å². The van der Waals surface area contributed by atoms with Crippen molar-refractivity contribution < 1.29 is 0 Å². The zero-order chi connectivity index (χ0) is 34.7. The van der Waals surface area contributed by atoms with Gasteiger partial charge in [-0.05, 0) is 85.6 Å². The van der Waals surface area contributed by atoms with E-state index in [1.807, 2.05) is 36.5 Å². The Bertz CT molecular complexity index is 2630. The third-order valence-corrected chi connectivity index (χ3v) is 9.59. The second-order valence-corrected chi connectivity index (χ2v) is 12.9. The molecular weight excluding hydrogens is 631 g/mol. The summed E-state index contributed by atoms with van der Waals surface area (Å²) in [7, 11) is 0. The fourth-order valence-corrected chi connectivity index (χ4v) is 6.89. The number of rotatable bonds is 7. The van der Waals surface area contributed by atoms with Gasteiger partial charge in [0.1, 0.15) is 0 Å². The van der Waals surface area contributed by atoms with Crippen LogP contribution in [0.3, 0.4) is 0 Å². The van der Waals surface area contributed by atoms with Crippen molar-refractivity contribution in [1.29, 1.82) is 0 Å². The molecule has 52 heavy (non-hydrogen) atoms. The molecule has 9 rings (SSSR count). The quantitative estimate of drug-likeness (QED) is 0.170. The van der Waals surface area contributed by atoms with Crippen LogP contribution in [0.25, 0.3) is 89.2 Å². The molecule has 7 aromatic carbocycles. The van der Waals surface area contributed by atoms with Gasteiger partial charge in [-0.1, -0.05) is 158 Å². The molecule has 0 aliphatic carbocycles. The summed E-state index contributed by atoms with van der Waals surface area (Å²) in [6.45, 7) is 0. The fourth-order valence-electron chi connectivity index (χ4n) is 6.89. The van der Waals surface area contributed by atoms with Gasteiger partial charge in [-0.15, -0.1) is 0 Å². The molecule has 3 nitrogen and oxygen atoms in total. The molecule has 0 atom stereocenters. The van der Waals surface area contributed by atoms with Gasteiger partial charge in [0.15, 0.2) is 5.82 Å². The lowest BCUT2D eigenvalue weighted by Gasteiger charge is -2.15. The second-order valence-electron chi connectivity index (χ2n) is 12.9. The van der Waals surface area contributed by atoms with E-state index >= 15 is 0 Å². The van der Waals surface area contributed by atoms with Crippen molar-refractivity contribution in [3.8, 4) is 78.4 Å². The van der Waals surface area contributed by atoms with Gasteiger partial charge >= 0.3 is 0 Å². The van der Waals surface area contributed by atoms with Crippen LogP contribution < -0.4 is 0 Å². The van der Waals surface area contributed by atoms with E-state index in [2.05, 4.69) is 163 Å². The highest BCUT2D eigenvalue weighted by atomic mass is 14.9. The lowest BCUT2D eigenvalue weighted by Crippen LogP contribution is -1.96. The molecule has 2 heterocycles. The van der Waals surface area contributed by atoms with Crippen LogP contribution in [-0.4, -0.2) is 15.0 Å². The first-order valence-corrected chi connectivity index (χ1v) is 17.5. The molecule has 3 heteroatoms. The summed E-state index contributed by atoms with van der Waals surface area (Å²) in [6, 6.07) is 66.2. The van der Waals surface area contributed by atoms with Gasteiger partial charge in [0.2, 0.25) is 0 Å². The number of nitrogens with zero attached hydrogens (tertiary/aromatic N) is 3. The molecule has 0 aliphatic rings. The average Bonchev–Trinajstić information content (AvgIpc) is 3.24. The van der Waals surface area contributed by atoms with E-state index in [4.69, 9.17) is 9.97 Å². The Morgan fingerprint density at radius 3 is 1.54 bits per heavy atom. The maximum Gasteiger partial charge on any atom is 0.160 e. The summed E-state index contributed by atoms with van der Waals surface area (Å²) in [5.74, 6) is 0.693. The zero-order valence-electron chi connectivity index (χ0n) is 28.4. The third-order valence-electron chi connectivity index (χ3n) is 9.59. The first kappa shape index (κ1) is 31.0. The minimum absolute atomic E-state index is 0.693. The number of hydrogen-bond acceptors (Lipinski definition) is 3. The maximum atomic E-state index is 5.23. The lowest BCUT2D eigenvalue weighted by atomic mass is 9.91. The van der Waals surface area contributed by atoms with Crippen LogP contribution in [0.1, 0.15) is 0 Å². The molecule has 0 fully saturated rings. The topological polar surface area (TPSA) is 38.7 Å². The third kappa shape index (κ3) is 6.28. The normalized spacial score (nSPS) is 11.1. The van der Waals surface area contributed by atoms with Crippen molar-refractivity contribution >= 4 is 10.8 Å². The van der Waals surface area contributed by atoms with Gasteiger partial charge in [-0.3, -0.25) is 4.98 Å². The van der Waals surface area contributed by atoms with Crippen molar-refractivity contribution in [3.63, 3.8) is 0 Å². The highest BCUT2D eigenvalue weighted by molar-refractivity contribution is 5.98. The Kier molecular flexibility index (Phi) is 8.20. The van der Waals surface area contributed by atoms with Crippen molar-refractivity contribution in [2.75, 3.05) is 0 Å². The molecule has 0 saturated heterocycles. The Hall–Kier alpha value is -6.97. The van der Waals surface area contributed by atoms with Gasteiger partial charge in [0.25, 0.3) is 0 Å². The van der Waals surface area contributed by atoms with E-state index in [1.54, 1.807) is 6.20 Å². The van der Waals surface area contributed by atoms with E-state index in [9.17, 15) is 0 Å². The van der Waals surface area contributed by atoms with E-state index in [0.29, 0.717) is 5.82 Å². The Morgan fingerprint density at radius 2 is 0.827 bits per heavy atom. The summed E-state index contributed by atoms with van der Waals surface area (Å²) >= 11 is 0. The van der Waals surface area contributed by atoms with Crippen LogP contribution in [0, 0.1) is 0 Å². The molecule has 2 aromatic heterocycles. The first-order chi connectivity index (χ1) is 25.7. The van der Waals surface area contributed by atoms with E-state index in [0.717, 1.165) is 55.9 Å². The lowest BCUT2D eigenvalue weighted by molar-refractivity contribution is 1.18. The number of hydrogen-bond donors (Lipinski definition) is 0. The van der Waals surface area contributed by atoms with Crippen LogP contribution >= 0.6 is 0 Å². The Balaban J connectivity index is 1.22. The summed E-state index contributed by atoms with van der Waals surface area (Å²) in [5.41, 5.74) is 13.9. The van der Waals surface area contributed by atoms with Gasteiger partial charge in [-0.25, -0.2) is 9.97 Å². The molecule has 0 bridgehead atoms. The summed E-state index contributed by atoms with van der Waals surface area (Å²) in [5, 5.41) is 2.43. The second kappa shape index (κ2) is 13.7. The largest absolute Gasteiger partial charge is 0.264 e. The molecule has 0 spiro atoms. The molecule has 0 saturated carbocycles. The maximum absolute atomic E-state index is 5.23. The molecule has 0 aliphatic heterocycles. The Labute approximate surface area is 303 Å². The van der Waals surface area contributed by atoms with Gasteiger partial charge < -0.3 is 0 Å². The molecule has 0 radical (unpaired) electrons. The molecule has 9 aromatic rings. The number of benzene rings is 7. The van der Waals surface area contributed by atoms with E-state index in [1.165, 1.54) is 27.5 Å². The summed E-state index contributed by atoms with van der Waals surface area (Å²) < 4.78 is 0.